The Morgan fingerprint density at radius 1 is 0.783 bits per heavy atom. The van der Waals surface area contributed by atoms with Crippen LogP contribution in [-0.4, -0.2) is 11.2 Å². The molecule has 0 spiro atoms. The largest absolute Gasteiger partial charge is 2.00 e. The summed E-state index contributed by atoms with van der Waals surface area (Å²) in [7, 11) is 0. The van der Waals surface area contributed by atoms with E-state index >= 15 is 0 Å². The second kappa shape index (κ2) is 22.0. The maximum absolute atomic E-state index is 9.39. The summed E-state index contributed by atoms with van der Waals surface area (Å²) < 4.78 is 0. The fraction of sp³-hybridized carbons (Fsp3) is 1.00. The maximum Gasteiger partial charge on any atom is 2.00 e. The first-order valence-corrected chi connectivity index (χ1v) is 13.0. The Morgan fingerprint density at radius 2 is 0.913 bits per heavy atom. The minimum Gasteiger partial charge on any atom is -0.850 e. The molecule has 23 heavy (non-hydrogen) atoms. The molecule has 0 bridgehead atoms. The molecule has 0 aromatic rings. The first-order valence-electron chi connectivity index (χ1n) is 5.66. The smallest absolute Gasteiger partial charge is 0.850 e. The van der Waals surface area contributed by atoms with Gasteiger partial charge in [-0.05, 0) is 24.7 Å². The van der Waals surface area contributed by atoms with Crippen molar-refractivity contribution in [1.29, 1.82) is 0 Å². The van der Waals surface area contributed by atoms with Crippen molar-refractivity contribution < 1.29 is 83.1 Å². The predicted molar refractivity (Wildman–Crippen MR) is 88.2 cm³/mol. The van der Waals surface area contributed by atoms with Crippen molar-refractivity contribution in [3.8, 4) is 0 Å². The van der Waals surface area contributed by atoms with E-state index in [1.807, 2.05) is 0 Å². The van der Waals surface area contributed by atoms with Gasteiger partial charge in [0, 0.05) is 0 Å². The van der Waals surface area contributed by atoms with E-state index in [-0.39, 0.29) is 64.5 Å². The number of hydrogen-bond acceptors (Lipinski definition) is 9. The summed E-state index contributed by atoms with van der Waals surface area (Å²) in [5.41, 5.74) is -7.44. The number of aliphatic hydroxyl groups is 1. The van der Waals surface area contributed by atoms with E-state index in [0.717, 1.165) is 12.8 Å². The molecule has 126 valence electrons. The fourth-order valence-electron chi connectivity index (χ4n) is 1.18. The van der Waals surface area contributed by atoms with Gasteiger partial charge >= 0.3 is 58.4 Å². The summed E-state index contributed by atoms with van der Waals surface area (Å²) in [5, 5.41) is 9.39. The normalized spacial score (nSPS) is 10.3. The van der Waals surface area contributed by atoms with Crippen LogP contribution in [-0.2, 0) is 107 Å². The van der Waals surface area contributed by atoms with Gasteiger partial charge in [0.25, 0.3) is 0 Å². The quantitative estimate of drug-likeness (QED) is 0.259. The van der Waals surface area contributed by atoms with Gasteiger partial charge in [-0.1, -0.05) is 27.7 Å². The molecule has 0 saturated heterocycles. The number of hydrogen-bond donors (Lipinski definition) is 1. The molecule has 0 aromatic carbocycles. The van der Waals surface area contributed by atoms with E-state index in [9.17, 15) is 24.7 Å². The second-order valence-corrected chi connectivity index (χ2v) is 13.8. The van der Waals surface area contributed by atoms with Crippen molar-refractivity contribution in [2.75, 3.05) is 0 Å². The van der Waals surface area contributed by atoms with Gasteiger partial charge in [-0.15, -0.1) is 0 Å². The third-order valence-electron chi connectivity index (χ3n) is 1.49. The molecule has 1 N–H and O–H groups in total. The van der Waals surface area contributed by atoms with E-state index in [4.69, 9.17) is 0 Å². The first kappa shape index (κ1) is 41.1. The molecule has 0 unspecified atom stereocenters. The van der Waals surface area contributed by atoms with Crippen LogP contribution in [0.4, 0.5) is 0 Å². The number of aliphatic hydroxyl groups excluding tert-OH is 1. The first-order chi connectivity index (χ1) is 8.52. The minimum absolute atomic E-state index is 0. The summed E-state index contributed by atoms with van der Waals surface area (Å²) in [6, 6.07) is 0. The molecular formula is C9H20O5P2S4Zn3. The van der Waals surface area contributed by atoms with Crippen molar-refractivity contribution in [3.05, 3.63) is 0 Å². The van der Waals surface area contributed by atoms with Crippen LogP contribution < -0.4 is 19.6 Å². The van der Waals surface area contributed by atoms with Crippen molar-refractivity contribution in [1.82, 2.24) is 0 Å². The van der Waals surface area contributed by atoms with Gasteiger partial charge in [-0.2, -0.15) is 23.6 Å². The van der Waals surface area contributed by atoms with Crippen LogP contribution in [0.15, 0.2) is 0 Å². The molecule has 0 saturated carbocycles. The Hall–Kier alpha value is 3.67. The molecule has 0 amide bonds. The topological polar surface area (TPSA) is 112 Å². The van der Waals surface area contributed by atoms with E-state index in [0.29, 0.717) is 11.8 Å². The van der Waals surface area contributed by atoms with Gasteiger partial charge in [0.05, 0.1) is 6.10 Å². The standard InChI is InChI=1S/C9H20O.2H3O2PS2.3Zn/c1-7(2)5-9(10)6-8(3)4;2*1-3(2,4)5;;;/h7-10H,5-6H2,1-4H3;2*(H3,1,2,4,5);;;/q;;;3*+2/p-6. The van der Waals surface area contributed by atoms with Gasteiger partial charge in [0.15, 0.2) is 0 Å². The van der Waals surface area contributed by atoms with E-state index < -0.39 is 11.4 Å². The third kappa shape index (κ3) is 106. The molecule has 0 aliphatic rings. The fourth-order valence-corrected chi connectivity index (χ4v) is 1.18. The Balaban J connectivity index is -0.0000000483. The molecule has 0 fully saturated rings. The van der Waals surface area contributed by atoms with E-state index in [1.54, 1.807) is 0 Å². The van der Waals surface area contributed by atoms with Gasteiger partial charge in [0.2, 0.25) is 0 Å². The maximum atomic E-state index is 9.39. The second-order valence-electron chi connectivity index (χ2n) is 4.81. The van der Waals surface area contributed by atoms with Crippen LogP contribution in [0.1, 0.15) is 40.5 Å². The van der Waals surface area contributed by atoms with Crippen molar-refractivity contribution in [3.63, 3.8) is 0 Å². The van der Waals surface area contributed by atoms with Gasteiger partial charge in [-0.3, -0.25) is 0 Å². The molecule has 0 aromatic heterocycles. The van der Waals surface area contributed by atoms with Crippen molar-refractivity contribution in [2.24, 2.45) is 11.8 Å². The third-order valence-corrected chi connectivity index (χ3v) is 1.49. The average molecular weight is 595 g/mol. The van der Waals surface area contributed by atoms with Crippen molar-refractivity contribution in [2.45, 2.75) is 46.6 Å². The summed E-state index contributed by atoms with van der Waals surface area (Å²) in [6.07, 6.45) is 1.80. The molecule has 0 rings (SSSR count). The Labute approximate surface area is 199 Å². The zero-order chi connectivity index (χ0) is 17.1. The van der Waals surface area contributed by atoms with Crippen LogP contribution in [0, 0.1) is 11.8 Å². The summed E-state index contributed by atoms with van der Waals surface area (Å²) in [5.74, 6) is 1.24. The Bertz CT molecular complexity index is 282. The predicted octanol–water partition coefficient (Wildman–Crippen LogP) is -0.611. The van der Waals surface area contributed by atoms with Crippen LogP contribution >= 0.6 is 11.4 Å². The molecule has 0 aliphatic carbocycles. The van der Waals surface area contributed by atoms with E-state index in [2.05, 4.69) is 75.8 Å². The van der Waals surface area contributed by atoms with E-state index in [1.165, 1.54) is 0 Å². The molecule has 0 atom stereocenters. The average Bonchev–Trinajstić information content (AvgIpc) is 1.91. The zero-order valence-corrected chi connectivity index (χ0v) is 27.8. The summed E-state index contributed by atoms with van der Waals surface area (Å²) in [4.78, 5) is 37.2. The molecule has 5 nitrogen and oxygen atoms in total. The van der Waals surface area contributed by atoms with Gasteiger partial charge < -0.3 is 60.6 Å². The molecule has 0 heterocycles. The molecular weight excluding hydrogens is 574 g/mol. The minimum atomic E-state index is -3.72. The SMILES string of the molecule is CC(C)CC(O)CC(C)C.[O-]P([O-])(=S)[S-].[O-]P([O-])(=S)[S-].[Zn+2].[Zn+2].[Zn+2]. The van der Waals surface area contributed by atoms with Crippen LogP contribution in [0.5, 0.6) is 0 Å². The Kier molecular flexibility index (Phi) is 39.3. The monoisotopic (exact) mass is 590 g/mol. The van der Waals surface area contributed by atoms with Crippen molar-refractivity contribution >= 4 is 59.5 Å². The van der Waals surface area contributed by atoms with Crippen LogP contribution in [0.3, 0.4) is 0 Å². The summed E-state index contributed by atoms with van der Waals surface area (Å²) >= 11 is 14.6. The Morgan fingerprint density at radius 3 is 1.00 bits per heavy atom. The zero-order valence-electron chi connectivity index (χ0n) is 13.9. The van der Waals surface area contributed by atoms with Gasteiger partial charge in [-0.25, -0.2) is 0 Å². The van der Waals surface area contributed by atoms with Gasteiger partial charge in [0.1, 0.15) is 0 Å². The van der Waals surface area contributed by atoms with Crippen LogP contribution in [0.25, 0.3) is 0 Å². The molecule has 14 heteroatoms. The van der Waals surface area contributed by atoms with Crippen LogP contribution in [0.2, 0.25) is 0 Å². The molecule has 0 aliphatic heterocycles. The summed E-state index contributed by atoms with van der Waals surface area (Å²) in [6.45, 7) is 8.57. The molecule has 0 radical (unpaired) electrons. The number of rotatable bonds is 4.